The second kappa shape index (κ2) is 10.3. The Balaban J connectivity index is 1.81. The highest BCUT2D eigenvalue weighted by atomic mass is 19.1. The lowest BCUT2D eigenvalue weighted by Gasteiger charge is -2.12. The van der Waals surface area contributed by atoms with Gasteiger partial charge in [-0.25, -0.2) is 13.8 Å². The SMILES string of the molecule is CCNC(=NCc1ccc(F)cc1)NCCNC(=O)c1ccc(C)c(F)c1. The van der Waals surface area contributed by atoms with Crippen molar-refractivity contribution in [2.45, 2.75) is 20.4 Å². The van der Waals surface area contributed by atoms with Gasteiger partial charge in [-0.1, -0.05) is 18.2 Å². The van der Waals surface area contributed by atoms with Crippen molar-refractivity contribution < 1.29 is 13.6 Å². The van der Waals surface area contributed by atoms with E-state index in [0.29, 0.717) is 37.7 Å². The number of aliphatic imine (C=N–C) groups is 1. The fourth-order valence-corrected chi connectivity index (χ4v) is 2.29. The van der Waals surface area contributed by atoms with Gasteiger partial charge in [-0.15, -0.1) is 0 Å². The van der Waals surface area contributed by atoms with Crippen LogP contribution < -0.4 is 16.0 Å². The average molecular weight is 374 g/mol. The van der Waals surface area contributed by atoms with E-state index in [1.54, 1.807) is 31.2 Å². The average Bonchev–Trinajstić information content (AvgIpc) is 2.66. The minimum atomic E-state index is -0.400. The Morgan fingerprint density at radius 2 is 1.70 bits per heavy atom. The van der Waals surface area contributed by atoms with Crippen LogP contribution in [-0.2, 0) is 6.54 Å². The number of halogens is 2. The highest BCUT2D eigenvalue weighted by molar-refractivity contribution is 5.94. The van der Waals surface area contributed by atoms with Crippen molar-refractivity contribution in [2.24, 2.45) is 4.99 Å². The van der Waals surface area contributed by atoms with Gasteiger partial charge >= 0.3 is 0 Å². The molecular formula is C20H24F2N4O. The minimum absolute atomic E-state index is 0.281. The van der Waals surface area contributed by atoms with Crippen LogP contribution in [0.4, 0.5) is 8.78 Å². The van der Waals surface area contributed by atoms with Gasteiger partial charge in [0.05, 0.1) is 6.54 Å². The quantitative estimate of drug-likeness (QED) is 0.397. The zero-order valence-corrected chi connectivity index (χ0v) is 15.5. The molecule has 7 heteroatoms. The number of carbonyl (C=O) groups excluding carboxylic acids is 1. The molecule has 0 saturated carbocycles. The molecule has 2 aromatic rings. The van der Waals surface area contributed by atoms with E-state index in [-0.39, 0.29) is 17.3 Å². The number of nitrogens with one attached hydrogen (secondary N) is 3. The number of nitrogens with zero attached hydrogens (tertiary/aromatic N) is 1. The second-order valence-electron chi connectivity index (χ2n) is 5.97. The molecule has 27 heavy (non-hydrogen) atoms. The maximum atomic E-state index is 13.5. The van der Waals surface area contributed by atoms with Crippen LogP contribution >= 0.6 is 0 Å². The molecule has 0 fully saturated rings. The molecule has 2 aromatic carbocycles. The molecule has 0 radical (unpaired) electrons. The Morgan fingerprint density at radius 1 is 1.00 bits per heavy atom. The summed E-state index contributed by atoms with van der Waals surface area (Å²) in [4.78, 5) is 16.5. The van der Waals surface area contributed by atoms with Crippen molar-refractivity contribution in [2.75, 3.05) is 19.6 Å². The van der Waals surface area contributed by atoms with Crippen molar-refractivity contribution >= 4 is 11.9 Å². The van der Waals surface area contributed by atoms with E-state index in [2.05, 4.69) is 20.9 Å². The fraction of sp³-hybridized carbons (Fsp3) is 0.300. The Morgan fingerprint density at radius 3 is 2.37 bits per heavy atom. The van der Waals surface area contributed by atoms with Gasteiger partial charge in [-0.3, -0.25) is 4.79 Å². The predicted octanol–water partition coefficient (Wildman–Crippen LogP) is 2.76. The number of amides is 1. The van der Waals surface area contributed by atoms with E-state index in [1.165, 1.54) is 18.2 Å². The van der Waals surface area contributed by atoms with Crippen molar-refractivity contribution in [1.29, 1.82) is 0 Å². The van der Waals surface area contributed by atoms with E-state index in [0.717, 1.165) is 5.56 Å². The smallest absolute Gasteiger partial charge is 0.251 e. The van der Waals surface area contributed by atoms with Crippen LogP contribution in [-0.4, -0.2) is 31.5 Å². The maximum Gasteiger partial charge on any atom is 0.251 e. The third-order valence-corrected chi connectivity index (χ3v) is 3.81. The molecule has 2 rings (SSSR count). The molecule has 0 aliphatic heterocycles. The Hall–Kier alpha value is -2.96. The summed E-state index contributed by atoms with van der Waals surface area (Å²) in [6.45, 7) is 5.50. The molecule has 0 aliphatic rings. The van der Waals surface area contributed by atoms with E-state index in [1.807, 2.05) is 6.92 Å². The van der Waals surface area contributed by atoms with Gasteiger partial charge < -0.3 is 16.0 Å². The Labute approximate surface area is 157 Å². The van der Waals surface area contributed by atoms with Gasteiger partial charge in [0.1, 0.15) is 11.6 Å². The van der Waals surface area contributed by atoms with E-state index in [4.69, 9.17) is 0 Å². The Kier molecular flexibility index (Phi) is 7.73. The molecule has 0 spiro atoms. The summed E-state index contributed by atoms with van der Waals surface area (Å²) >= 11 is 0. The number of benzene rings is 2. The minimum Gasteiger partial charge on any atom is -0.357 e. The van der Waals surface area contributed by atoms with Crippen molar-refractivity contribution in [3.63, 3.8) is 0 Å². The summed E-state index contributed by atoms with van der Waals surface area (Å²) in [6.07, 6.45) is 0. The van der Waals surface area contributed by atoms with Crippen molar-refractivity contribution in [3.05, 3.63) is 70.8 Å². The van der Waals surface area contributed by atoms with Gasteiger partial charge in [0.2, 0.25) is 0 Å². The summed E-state index contributed by atoms with van der Waals surface area (Å²) in [5, 5.41) is 8.94. The first-order chi connectivity index (χ1) is 13.0. The number of rotatable bonds is 7. The first-order valence-electron chi connectivity index (χ1n) is 8.80. The molecule has 3 N–H and O–H groups in total. The van der Waals surface area contributed by atoms with Gasteiger partial charge in [0.15, 0.2) is 5.96 Å². The fourth-order valence-electron chi connectivity index (χ4n) is 2.29. The molecule has 144 valence electrons. The van der Waals surface area contributed by atoms with E-state index in [9.17, 15) is 13.6 Å². The molecule has 0 saturated heterocycles. The first kappa shape index (κ1) is 20.4. The van der Waals surface area contributed by atoms with Crippen LogP contribution in [0.15, 0.2) is 47.5 Å². The first-order valence-corrected chi connectivity index (χ1v) is 8.80. The number of guanidine groups is 1. The zero-order chi connectivity index (χ0) is 19.6. The summed E-state index contributed by atoms with van der Waals surface area (Å²) in [7, 11) is 0. The van der Waals surface area contributed by atoms with Gasteiger partial charge in [-0.2, -0.15) is 0 Å². The van der Waals surface area contributed by atoms with Crippen LogP contribution in [0, 0.1) is 18.6 Å². The second-order valence-corrected chi connectivity index (χ2v) is 5.97. The number of aryl methyl sites for hydroxylation is 1. The molecule has 0 aliphatic carbocycles. The van der Waals surface area contributed by atoms with Crippen LogP contribution in [0.3, 0.4) is 0 Å². The monoisotopic (exact) mass is 374 g/mol. The van der Waals surface area contributed by atoms with Crippen molar-refractivity contribution in [1.82, 2.24) is 16.0 Å². The van der Waals surface area contributed by atoms with Crippen molar-refractivity contribution in [3.8, 4) is 0 Å². The predicted molar refractivity (Wildman–Crippen MR) is 103 cm³/mol. The number of hydrogen-bond acceptors (Lipinski definition) is 2. The largest absolute Gasteiger partial charge is 0.357 e. The highest BCUT2D eigenvalue weighted by Crippen LogP contribution is 2.08. The molecule has 0 bridgehead atoms. The summed E-state index contributed by atoms with van der Waals surface area (Å²) in [5.74, 6) is -0.415. The van der Waals surface area contributed by atoms with Crippen LogP contribution in [0.2, 0.25) is 0 Å². The Bertz CT molecular complexity index is 791. The summed E-state index contributed by atoms with van der Waals surface area (Å²) in [5.41, 5.74) is 1.68. The van der Waals surface area contributed by atoms with Crippen LogP contribution in [0.1, 0.15) is 28.4 Å². The molecule has 0 heterocycles. The lowest BCUT2D eigenvalue weighted by molar-refractivity contribution is 0.0954. The summed E-state index contributed by atoms with van der Waals surface area (Å²) in [6, 6.07) is 10.6. The zero-order valence-electron chi connectivity index (χ0n) is 15.5. The molecule has 0 atom stereocenters. The molecule has 5 nitrogen and oxygen atoms in total. The van der Waals surface area contributed by atoms with Crippen LogP contribution in [0.5, 0.6) is 0 Å². The van der Waals surface area contributed by atoms with E-state index < -0.39 is 5.82 Å². The van der Waals surface area contributed by atoms with Gasteiger partial charge in [-0.05, 0) is 49.2 Å². The standard InChI is InChI=1S/C20H24F2N4O/c1-3-23-20(26-13-15-5-8-17(21)9-6-15)25-11-10-24-19(27)16-7-4-14(2)18(22)12-16/h4-9,12H,3,10-11,13H2,1-2H3,(H,24,27)(H2,23,25,26). The molecular weight excluding hydrogens is 350 g/mol. The number of carbonyl (C=O) groups is 1. The third kappa shape index (κ3) is 6.69. The third-order valence-electron chi connectivity index (χ3n) is 3.81. The molecule has 0 unspecified atom stereocenters. The highest BCUT2D eigenvalue weighted by Gasteiger charge is 2.07. The lowest BCUT2D eigenvalue weighted by atomic mass is 10.1. The van der Waals surface area contributed by atoms with E-state index >= 15 is 0 Å². The van der Waals surface area contributed by atoms with Gasteiger partial charge in [0.25, 0.3) is 5.91 Å². The lowest BCUT2D eigenvalue weighted by Crippen LogP contribution is -2.41. The topological polar surface area (TPSA) is 65.5 Å². The maximum absolute atomic E-state index is 13.5. The summed E-state index contributed by atoms with van der Waals surface area (Å²) < 4.78 is 26.5. The normalized spacial score (nSPS) is 11.2. The number of hydrogen-bond donors (Lipinski definition) is 3. The molecule has 1 amide bonds. The van der Waals surface area contributed by atoms with Crippen LogP contribution in [0.25, 0.3) is 0 Å². The van der Waals surface area contributed by atoms with Gasteiger partial charge in [0, 0.05) is 25.2 Å². The molecule has 0 aromatic heterocycles.